The molecule has 0 bridgehead atoms. The zero-order chi connectivity index (χ0) is 21.8. The first-order valence-electron chi connectivity index (χ1n) is 10.1. The van der Waals surface area contributed by atoms with Crippen molar-refractivity contribution >= 4 is 16.8 Å². The molecule has 3 aromatic carbocycles. The highest BCUT2D eigenvalue weighted by atomic mass is 16.5. The maximum absolute atomic E-state index is 13.2. The summed E-state index contributed by atoms with van der Waals surface area (Å²) in [5.74, 6) is 1.22. The van der Waals surface area contributed by atoms with Crippen LogP contribution >= 0.6 is 0 Å². The zero-order valence-corrected chi connectivity index (χ0v) is 17.8. The highest BCUT2D eigenvalue weighted by molar-refractivity contribution is 6.09. The number of rotatable bonds is 6. The predicted molar refractivity (Wildman–Crippen MR) is 123 cm³/mol. The molecule has 1 aromatic heterocycles. The van der Waals surface area contributed by atoms with Crippen LogP contribution in [-0.2, 0) is 6.54 Å². The van der Waals surface area contributed by atoms with Crippen LogP contribution < -0.4 is 14.8 Å². The van der Waals surface area contributed by atoms with Crippen LogP contribution in [0.5, 0.6) is 11.5 Å². The van der Waals surface area contributed by atoms with E-state index in [2.05, 4.69) is 17.4 Å². The Balaban J connectivity index is 1.68. The fourth-order valence-corrected chi connectivity index (χ4v) is 3.68. The summed E-state index contributed by atoms with van der Waals surface area (Å²) in [7, 11) is 3.21. The molecule has 0 aliphatic heterocycles. The molecule has 1 N–H and O–H groups in total. The smallest absolute Gasteiger partial charge is 0.252 e. The largest absolute Gasteiger partial charge is 0.497 e. The van der Waals surface area contributed by atoms with Crippen molar-refractivity contribution in [3.63, 3.8) is 0 Å². The van der Waals surface area contributed by atoms with Gasteiger partial charge in [0.2, 0.25) is 0 Å². The van der Waals surface area contributed by atoms with Gasteiger partial charge in [0.25, 0.3) is 5.91 Å². The molecule has 0 fully saturated rings. The van der Waals surface area contributed by atoms with Gasteiger partial charge in [-0.15, -0.1) is 0 Å². The van der Waals surface area contributed by atoms with E-state index in [1.165, 1.54) is 0 Å². The van der Waals surface area contributed by atoms with Gasteiger partial charge in [-0.2, -0.15) is 0 Å². The molecule has 0 unspecified atom stereocenters. The number of ether oxygens (including phenoxy) is 2. The van der Waals surface area contributed by atoms with Crippen molar-refractivity contribution in [3.8, 4) is 22.6 Å². The number of pyridine rings is 1. The van der Waals surface area contributed by atoms with Gasteiger partial charge in [-0.25, -0.2) is 0 Å². The molecule has 0 aliphatic rings. The average molecular weight is 412 g/mol. The number of carbonyl (C=O) groups excluding carboxylic acids is 1. The van der Waals surface area contributed by atoms with Crippen LogP contribution in [0, 0.1) is 6.92 Å². The Hall–Kier alpha value is -3.86. The molecule has 0 radical (unpaired) electrons. The van der Waals surface area contributed by atoms with Crippen molar-refractivity contribution in [2.24, 2.45) is 0 Å². The molecule has 0 atom stereocenters. The van der Waals surface area contributed by atoms with Crippen LogP contribution in [0.2, 0.25) is 0 Å². The van der Waals surface area contributed by atoms with Crippen molar-refractivity contribution in [2.45, 2.75) is 13.5 Å². The standard InChI is InChI=1S/C26H24N2O3/c1-17-14-23(26(29)27-16-19-12-13-20(30-2)15-24(19)31-3)22-11-7-10-21(25(22)28-17)18-8-5-4-6-9-18/h4-15H,16H2,1-3H3,(H,27,29). The van der Waals surface area contributed by atoms with E-state index in [9.17, 15) is 4.79 Å². The summed E-state index contributed by atoms with van der Waals surface area (Å²) < 4.78 is 10.7. The van der Waals surface area contributed by atoms with Crippen LogP contribution in [-0.4, -0.2) is 25.1 Å². The summed E-state index contributed by atoms with van der Waals surface area (Å²) >= 11 is 0. The van der Waals surface area contributed by atoms with Gasteiger partial charge in [-0.1, -0.05) is 48.5 Å². The molecule has 0 saturated carbocycles. The Morgan fingerprint density at radius 3 is 2.48 bits per heavy atom. The molecule has 31 heavy (non-hydrogen) atoms. The van der Waals surface area contributed by atoms with E-state index >= 15 is 0 Å². The highest BCUT2D eigenvalue weighted by Crippen LogP contribution is 2.30. The first kappa shape index (κ1) is 20.4. The molecule has 0 saturated heterocycles. The van der Waals surface area contributed by atoms with Gasteiger partial charge < -0.3 is 14.8 Å². The number of hydrogen-bond donors (Lipinski definition) is 1. The number of nitrogens with one attached hydrogen (secondary N) is 1. The summed E-state index contributed by atoms with van der Waals surface area (Å²) in [6.45, 7) is 2.25. The number of carbonyl (C=O) groups is 1. The van der Waals surface area contributed by atoms with E-state index in [4.69, 9.17) is 14.5 Å². The number of methoxy groups -OCH3 is 2. The predicted octanol–water partition coefficient (Wildman–Crippen LogP) is 5.16. The van der Waals surface area contributed by atoms with Crippen molar-refractivity contribution in [1.82, 2.24) is 10.3 Å². The SMILES string of the molecule is COc1ccc(CNC(=O)c2cc(C)nc3c(-c4ccccc4)cccc23)c(OC)c1. The lowest BCUT2D eigenvalue weighted by Gasteiger charge is -2.14. The fourth-order valence-electron chi connectivity index (χ4n) is 3.68. The molecule has 5 heteroatoms. The lowest BCUT2D eigenvalue weighted by molar-refractivity contribution is 0.0952. The van der Waals surface area contributed by atoms with Gasteiger partial charge in [-0.3, -0.25) is 9.78 Å². The van der Waals surface area contributed by atoms with Gasteiger partial charge in [0.1, 0.15) is 11.5 Å². The second kappa shape index (κ2) is 8.88. The molecule has 0 spiro atoms. The van der Waals surface area contributed by atoms with E-state index in [-0.39, 0.29) is 5.91 Å². The Kier molecular flexibility index (Phi) is 5.85. The summed E-state index contributed by atoms with van der Waals surface area (Å²) in [6.07, 6.45) is 0. The Labute approximate surface area is 181 Å². The molecular formula is C26H24N2O3. The maximum Gasteiger partial charge on any atom is 0.252 e. The number of fused-ring (bicyclic) bond motifs is 1. The summed E-state index contributed by atoms with van der Waals surface area (Å²) in [4.78, 5) is 17.9. The van der Waals surface area contributed by atoms with Gasteiger partial charge in [0, 0.05) is 34.8 Å². The monoisotopic (exact) mass is 412 g/mol. The third-order valence-electron chi connectivity index (χ3n) is 5.23. The van der Waals surface area contributed by atoms with Gasteiger partial charge in [-0.05, 0) is 30.7 Å². The van der Waals surface area contributed by atoms with Crippen molar-refractivity contribution in [3.05, 3.63) is 89.6 Å². The molecule has 1 amide bonds. The maximum atomic E-state index is 13.2. The average Bonchev–Trinajstić information content (AvgIpc) is 2.82. The van der Waals surface area contributed by atoms with E-state index in [1.54, 1.807) is 20.3 Å². The Morgan fingerprint density at radius 1 is 0.935 bits per heavy atom. The first-order chi connectivity index (χ1) is 15.1. The number of aryl methyl sites for hydroxylation is 1. The molecule has 1 heterocycles. The van der Waals surface area contributed by atoms with E-state index < -0.39 is 0 Å². The lowest BCUT2D eigenvalue weighted by Crippen LogP contribution is -2.23. The normalized spacial score (nSPS) is 10.7. The van der Waals surface area contributed by atoms with E-state index in [0.29, 0.717) is 23.6 Å². The van der Waals surface area contributed by atoms with Gasteiger partial charge in [0.15, 0.2) is 0 Å². The minimum atomic E-state index is -0.154. The second-order valence-corrected chi connectivity index (χ2v) is 7.24. The number of aromatic nitrogens is 1. The van der Waals surface area contributed by atoms with Gasteiger partial charge in [0.05, 0.1) is 25.3 Å². The molecule has 5 nitrogen and oxygen atoms in total. The topological polar surface area (TPSA) is 60.5 Å². The van der Waals surface area contributed by atoms with Crippen LogP contribution in [0.15, 0.2) is 72.8 Å². The number of amides is 1. The molecule has 0 aliphatic carbocycles. The fraction of sp³-hybridized carbons (Fsp3) is 0.154. The quantitative estimate of drug-likeness (QED) is 0.475. The second-order valence-electron chi connectivity index (χ2n) is 7.24. The lowest BCUT2D eigenvalue weighted by atomic mass is 9.98. The summed E-state index contributed by atoms with van der Waals surface area (Å²) in [6, 6.07) is 23.4. The molecule has 4 rings (SSSR count). The van der Waals surface area contributed by atoms with Crippen molar-refractivity contribution in [2.75, 3.05) is 14.2 Å². The van der Waals surface area contributed by atoms with Crippen molar-refractivity contribution in [1.29, 1.82) is 0 Å². The molecular weight excluding hydrogens is 388 g/mol. The van der Waals surface area contributed by atoms with Crippen LogP contribution in [0.4, 0.5) is 0 Å². The Bertz CT molecular complexity index is 1240. The Morgan fingerprint density at radius 2 is 1.74 bits per heavy atom. The van der Waals surface area contributed by atoms with E-state index in [0.717, 1.165) is 33.3 Å². The number of para-hydroxylation sites is 1. The zero-order valence-electron chi connectivity index (χ0n) is 17.8. The molecule has 156 valence electrons. The minimum absolute atomic E-state index is 0.154. The number of nitrogens with zero attached hydrogens (tertiary/aromatic N) is 1. The minimum Gasteiger partial charge on any atom is -0.497 e. The van der Waals surface area contributed by atoms with Crippen LogP contribution in [0.3, 0.4) is 0 Å². The number of hydrogen-bond acceptors (Lipinski definition) is 4. The van der Waals surface area contributed by atoms with Crippen LogP contribution in [0.1, 0.15) is 21.6 Å². The third kappa shape index (κ3) is 4.21. The van der Waals surface area contributed by atoms with Crippen LogP contribution in [0.25, 0.3) is 22.0 Å². The first-order valence-corrected chi connectivity index (χ1v) is 10.1. The highest BCUT2D eigenvalue weighted by Gasteiger charge is 2.15. The van der Waals surface area contributed by atoms with E-state index in [1.807, 2.05) is 61.5 Å². The number of benzene rings is 3. The van der Waals surface area contributed by atoms with Gasteiger partial charge >= 0.3 is 0 Å². The molecule has 4 aromatic rings. The summed E-state index contributed by atoms with van der Waals surface area (Å²) in [5, 5.41) is 3.84. The van der Waals surface area contributed by atoms with Crippen molar-refractivity contribution < 1.29 is 14.3 Å². The summed E-state index contributed by atoms with van der Waals surface area (Å²) in [5.41, 5.74) is 5.17. The third-order valence-corrected chi connectivity index (χ3v) is 5.23.